The molecule has 0 fully saturated rings. The highest BCUT2D eigenvalue weighted by atomic mass is 15.1. The number of para-hydroxylation sites is 3. The zero-order chi connectivity index (χ0) is 42.5. The third-order valence-corrected chi connectivity index (χ3v) is 13.9. The van der Waals surface area contributed by atoms with E-state index in [0.29, 0.717) is 0 Å². The van der Waals surface area contributed by atoms with Gasteiger partial charge in [0, 0.05) is 55.4 Å². The van der Waals surface area contributed by atoms with Gasteiger partial charge in [-0.3, -0.25) is 0 Å². The SMILES string of the molecule is CC1(C)c2ccccc2-c2ccc(N(c3ccc(-c4ccc5c(c4)c4cc6c(cc4n5-c4ccccc4)c4ccccc4n6-c4ccccc4)cc3)c3ccc4ccccc4c3)cc21. The molecule has 0 saturated carbocycles. The van der Waals surface area contributed by atoms with E-state index in [1.165, 1.54) is 87.8 Å². The molecule has 2 aromatic heterocycles. The van der Waals surface area contributed by atoms with Crippen LogP contribution in [0, 0.1) is 0 Å². The van der Waals surface area contributed by atoms with Crippen molar-refractivity contribution in [3.63, 3.8) is 0 Å². The summed E-state index contributed by atoms with van der Waals surface area (Å²) >= 11 is 0. The Labute approximate surface area is 372 Å². The number of fused-ring (bicyclic) bond motifs is 10. The van der Waals surface area contributed by atoms with Gasteiger partial charge in [0.2, 0.25) is 0 Å². The van der Waals surface area contributed by atoms with E-state index in [4.69, 9.17) is 0 Å². The Bertz CT molecular complexity index is 3800. The molecule has 3 heteroatoms. The van der Waals surface area contributed by atoms with Crippen molar-refractivity contribution in [2.24, 2.45) is 0 Å². The van der Waals surface area contributed by atoms with Crippen LogP contribution in [0.5, 0.6) is 0 Å². The maximum Gasteiger partial charge on any atom is 0.0548 e. The molecule has 0 bridgehead atoms. The lowest BCUT2D eigenvalue weighted by Crippen LogP contribution is -2.16. The number of anilines is 3. The molecule has 64 heavy (non-hydrogen) atoms. The van der Waals surface area contributed by atoms with Crippen LogP contribution in [0.25, 0.3) is 88.0 Å². The number of benzene rings is 10. The summed E-state index contributed by atoms with van der Waals surface area (Å²) in [6.45, 7) is 4.71. The Balaban J connectivity index is 0.972. The smallest absolute Gasteiger partial charge is 0.0548 e. The number of nitrogens with zero attached hydrogens (tertiary/aromatic N) is 3. The monoisotopic (exact) mass is 817 g/mol. The molecule has 3 nitrogen and oxygen atoms in total. The van der Waals surface area contributed by atoms with Crippen LogP contribution < -0.4 is 4.90 Å². The van der Waals surface area contributed by atoms with Crippen LogP contribution >= 0.6 is 0 Å². The summed E-state index contributed by atoms with van der Waals surface area (Å²) in [7, 11) is 0. The van der Waals surface area contributed by atoms with Crippen molar-refractivity contribution in [3.8, 4) is 33.6 Å². The van der Waals surface area contributed by atoms with Crippen molar-refractivity contribution in [3.05, 3.63) is 236 Å². The van der Waals surface area contributed by atoms with Gasteiger partial charge in [0.05, 0.1) is 22.1 Å². The standard InChI is InChI=1S/C61H43N3/c1-61(2)55-23-13-11-21-49(55)50-33-32-48(37-56(50)61)62(47-31-27-40-15-9-10-16-42(40)35-47)46-29-25-41(26-30-46)43-28-34-58-52(36-43)54-39-59-53(38-60(54)64(58)45-19-7-4-8-20-45)51-22-12-14-24-57(51)63(59)44-17-5-3-6-18-44/h3-39H,1-2H3. The minimum atomic E-state index is -0.104. The van der Waals surface area contributed by atoms with Gasteiger partial charge in [-0.1, -0.05) is 147 Å². The van der Waals surface area contributed by atoms with E-state index in [1.807, 2.05) is 0 Å². The van der Waals surface area contributed by atoms with Gasteiger partial charge < -0.3 is 14.0 Å². The van der Waals surface area contributed by atoms with E-state index in [9.17, 15) is 0 Å². The Morgan fingerprint density at radius 2 is 0.859 bits per heavy atom. The zero-order valence-corrected chi connectivity index (χ0v) is 35.7. The van der Waals surface area contributed by atoms with Crippen molar-refractivity contribution in [1.29, 1.82) is 0 Å². The highest BCUT2D eigenvalue weighted by molar-refractivity contribution is 6.19. The van der Waals surface area contributed by atoms with Gasteiger partial charge in [-0.2, -0.15) is 0 Å². The van der Waals surface area contributed by atoms with E-state index in [1.54, 1.807) is 0 Å². The molecule has 0 spiro atoms. The van der Waals surface area contributed by atoms with Crippen LogP contribution in [0.4, 0.5) is 17.1 Å². The second-order valence-electron chi connectivity index (χ2n) is 17.8. The lowest BCUT2D eigenvalue weighted by molar-refractivity contribution is 0.660. The lowest BCUT2D eigenvalue weighted by atomic mass is 9.82. The molecule has 0 amide bonds. The van der Waals surface area contributed by atoms with E-state index in [0.717, 1.165) is 28.4 Å². The molecule has 0 N–H and O–H groups in total. The second-order valence-corrected chi connectivity index (χ2v) is 17.8. The van der Waals surface area contributed by atoms with E-state index >= 15 is 0 Å². The van der Waals surface area contributed by atoms with Gasteiger partial charge in [-0.05, 0) is 135 Å². The molecule has 0 radical (unpaired) electrons. The summed E-state index contributed by atoms with van der Waals surface area (Å²) in [4.78, 5) is 2.42. The summed E-state index contributed by atoms with van der Waals surface area (Å²) in [5.74, 6) is 0. The molecule has 13 rings (SSSR count). The minimum absolute atomic E-state index is 0.104. The predicted molar refractivity (Wildman–Crippen MR) is 270 cm³/mol. The predicted octanol–water partition coefficient (Wildman–Crippen LogP) is 16.5. The molecule has 2 heterocycles. The summed E-state index contributed by atoms with van der Waals surface area (Å²) in [5.41, 5.74) is 18.2. The summed E-state index contributed by atoms with van der Waals surface area (Å²) in [5, 5.41) is 7.41. The molecular weight excluding hydrogens is 775 g/mol. The van der Waals surface area contributed by atoms with Gasteiger partial charge in [0.15, 0.2) is 0 Å². The number of hydrogen-bond donors (Lipinski definition) is 0. The van der Waals surface area contributed by atoms with Crippen LogP contribution in [0.15, 0.2) is 224 Å². The normalized spacial score (nSPS) is 13.0. The Morgan fingerprint density at radius 3 is 1.61 bits per heavy atom. The van der Waals surface area contributed by atoms with Gasteiger partial charge in [0.25, 0.3) is 0 Å². The van der Waals surface area contributed by atoms with Crippen molar-refractivity contribution >= 4 is 71.4 Å². The average Bonchev–Trinajstić information content (AvgIpc) is 3.93. The molecule has 12 aromatic rings. The highest BCUT2D eigenvalue weighted by Gasteiger charge is 2.35. The van der Waals surface area contributed by atoms with Crippen molar-refractivity contribution in [2.45, 2.75) is 19.3 Å². The maximum atomic E-state index is 2.43. The maximum absolute atomic E-state index is 2.43. The van der Waals surface area contributed by atoms with E-state index in [-0.39, 0.29) is 5.41 Å². The fourth-order valence-electron chi connectivity index (χ4n) is 10.8. The largest absolute Gasteiger partial charge is 0.310 e. The van der Waals surface area contributed by atoms with Gasteiger partial charge in [-0.15, -0.1) is 0 Å². The number of hydrogen-bond acceptors (Lipinski definition) is 1. The van der Waals surface area contributed by atoms with Gasteiger partial charge >= 0.3 is 0 Å². The highest BCUT2D eigenvalue weighted by Crippen LogP contribution is 2.51. The first-order chi connectivity index (χ1) is 31.5. The van der Waals surface area contributed by atoms with Crippen LogP contribution in [-0.2, 0) is 5.41 Å². The molecule has 10 aromatic carbocycles. The summed E-state index contributed by atoms with van der Waals surface area (Å²) in [6.07, 6.45) is 0. The first-order valence-electron chi connectivity index (χ1n) is 22.3. The molecule has 302 valence electrons. The second kappa shape index (κ2) is 13.9. The van der Waals surface area contributed by atoms with Crippen molar-refractivity contribution in [1.82, 2.24) is 9.13 Å². The van der Waals surface area contributed by atoms with Gasteiger partial charge in [-0.25, -0.2) is 0 Å². The molecule has 0 aliphatic heterocycles. The Hall–Kier alpha value is -8.14. The fourth-order valence-corrected chi connectivity index (χ4v) is 10.8. The van der Waals surface area contributed by atoms with Gasteiger partial charge in [0.1, 0.15) is 0 Å². The summed E-state index contributed by atoms with van der Waals surface area (Å²) < 4.78 is 4.85. The first-order valence-corrected chi connectivity index (χ1v) is 22.3. The van der Waals surface area contributed by atoms with Crippen molar-refractivity contribution < 1.29 is 0 Å². The minimum Gasteiger partial charge on any atom is -0.310 e. The van der Waals surface area contributed by atoms with Crippen molar-refractivity contribution in [2.75, 3.05) is 4.90 Å². The Morgan fingerprint density at radius 1 is 0.328 bits per heavy atom. The molecule has 0 unspecified atom stereocenters. The quantitative estimate of drug-likeness (QED) is 0.163. The molecule has 1 aliphatic rings. The van der Waals surface area contributed by atoms with Crippen LogP contribution in [0.1, 0.15) is 25.0 Å². The lowest BCUT2D eigenvalue weighted by Gasteiger charge is -2.28. The molecular formula is C61H43N3. The molecule has 0 atom stereocenters. The van der Waals surface area contributed by atoms with E-state index < -0.39 is 0 Å². The molecule has 0 saturated heterocycles. The Kier molecular flexibility index (Phi) is 7.95. The zero-order valence-electron chi connectivity index (χ0n) is 35.7. The number of rotatable bonds is 6. The first kappa shape index (κ1) is 36.5. The fraction of sp³-hybridized carbons (Fsp3) is 0.0492. The molecule has 1 aliphatic carbocycles. The average molecular weight is 818 g/mol. The van der Waals surface area contributed by atoms with Crippen LogP contribution in [0.3, 0.4) is 0 Å². The topological polar surface area (TPSA) is 13.1 Å². The number of aromatic nitrogens is 2. The van der Waals surface area contributed by atoms with Crippen LogP contribution in [0.2, 0.25) is 0 Å². The summed E-state index contributed by atoms with van der Waals surface area (Å²) in [6, 6.07) is 82.7. The van der Waals surface area contributed by atoms with Crippen LogP contribution in [-0.4, -0.2) is 9.13 Å². The third kappa shape index (κ3) is 5.47. The third-order valence-electron chi connectivity index (χ3n) is 13.9. The van der Waals surface area contributed by atoms with E-state index in [2.05, 4.69) is 252 Å².